The number of piperidine rings is 1. The van der Waals surface area contributed by atoms with Gasteiger partial charge >= 0.3 is 0 Å². The molecule has 2 aromatic rings. The number of ether oxygens (including phenoxy) is 1. The number of aromatic nitrogens is 2. The normalized spacial score (nSPS) is 19.7. The van der Waals surface area contributed by atoms with Crippen LogP contribution in [0.4, 0.5) is 0 Å². The van der Waals surface area contributed by atoms with Crippen molar-refractivity contribution in [3.8, 4) is 11.9 Å². The van der Waals surface area contributed by atoms with Gasteiger partial charge in [-0.1, -0.05) is 0 Å². The molecule has 1 unspecified atom stereocenters. The average Bonchev–Trinajstić information content (AvgIpc) is 3.35. The predicted molar refractivity (Wildman–Crippen MR) is 111 cm³/mol. The fourth-order valence-corrected chi connectivity index (χ4v) is 5.41. The van der Waals surface area contributed by atoms with Crippen molar-refractivity contribution in [3.05, 3.63) is 47.9 Å². The van der Waals surface area contributed by atoms with E-state index in [1.54, 1.807) is 17.0 Å². The molecule has 1 aromatic heterocycles. The summed E-state index contributed by atoms with van der Waals surface area (Å²) in [6, 6.07) is 8.07. The number of nitriles is 1. The van der Waals surface area contributed by atoms with Gasteiger partial charge in [0.1, 0.15) is 12.2 Å². The van der Waals surface area contributed by atoms with Crippen LogP contribution in [0.5, 0.6) is 5.88 Å². The number of carbonyl (C=O) groups is 1. The second kappa shape index (κ2) is 8.99. The molecule has 0 bridgehead atoms. The second-order valence-corrected chi connectivity index (χ2v) is 9.53. The van der Waals surface area contributed by atoms with Crippen LogP contribution in [-0.2, 0) is 10.0 Å². The van der Waals surface area contributed by atoms with Crippen LogP contribution in [0.1, 0.15) is 41.7 Å². The summed E-state index contributed by atoms with van der Waals surface area (Å²) in [5.41, 5.74) is 0.541. The van der Waals surface area contributed by atoms with Crippen LogP contribution < -0.4 is 4.74 Å². The number of amides is 1. The highest BCUT2D eigenvalue weighted by atomic mass is 32.2. The van der Waals surface area contributed by atoms with Crippen molar-refractivity contribution in [2.24, 2.45) is 0 Å². The molecule has 2 fully saturated rings. The van der Waals surface area contributed by atoms with Crippen molar-refractivity contribution >= 4 is 15.9 Å². The predicted octanol–water partition coefficient (Wildman–Crippen LogP) is 1.82. The Kier molecular flexibility index (Phi) is 6.15. The van der Waals surface area contributed by atoms with Crippen molar-refractivity contribution in [1.82, 2.24) is 19.2 Å². The Morgan fingerprint density at radius 3 is 2.48 bits per heavy atom. The van der Waals surface area contributed by atoms with Gasteiger partial charge in [-0.3, -0.25) is 4.79 Å². The lowest BCUT2D eigenvalue weighted by Gasteiger charge is -2.32. The molecule has 10 heteroatoms. The molecule has 1 aromatic carbocycles. The van der Waals surface area contributed by atoms with Gasteiger partial charge < -0.3 is 9.64 Å². The van der Waals surface area contributed by atoms with Crippen molar-refractivity contribution in [1.29, 1.82) is 5.26 Å². The largest absolute Gasteiger partial charge is 0.470 e. The number of carbonyl (C=O) groups excluding carboxylic acids is 1. The van der Waals surface area contributed by atoms with E-state index >= 15 is 0 Å². The van der Waals surface area contributed by atoms with E-state index in [1.165, 1.54) is 28.8 Å². The summed E-state index contributed by atoms with van der Waals surface area (Å²) in [5.74, 6) is -0.0150. The molecule has 1 amide bonds. The molecule has 0 radical (unpaired) electrons. The Morgan fingerprint density at radius 2 is 1.77 bits per heavy atom. The van der Waals surface area contributed by atoms with E-state index < -0.39 is 10.0 Å². The van der Waals surface area contributed by atoms with E-state index in [0.29, 0.717) is 31.7 Å². The van der Waals surface area contributed by atoms with Crippen molar-refractivity contribution in [2.45, 2.75) is 36.7 Å². The van der Waals surface area contributed by atoms with E-state index in [2.05, 4.69) is 9.97 Å². The lowest BCUT2D eigenvalue weighted by atomic mass is 10.1. The number of hydrogen-bond acceptors (Lipinski definition) is 7. The third-order valence-electron chi connectivity index (χ3n) is 5.52. The smallest absolute Gasteiger partial charge is 0.253 e. The monoisotopic (exact) mass is 441 g/mol. The van der Waals surface area contributed by atoms with Gasteiger partial charge in [-0.2, -0.15) is 9.57 Å². The van der Waals surface area contributed by atoms with Crippen LogP contribution in [-0.4, -0.2) is 65.8 Å². The molecule has 31 heavy (non-hydrogen) atoms. The molecule has 162 valence electrons. The molecule has 0 saturated carbocycles. The molecule has 1 atom stereocenters. The summed E-state index contributed by atoms with van der Waals surface area (Å²) in [6.07, 6.45) is 5.82. The van der Waals surface area contributed by atoms with Gasteiger partial charge in [0.25, 0.3) is 11.8 Å². The standard InChI is InChI=1S/C21H23N5O4S/c22-14-19-20(24-10-9-23-19)30-17-4-3-11-25(15-17)21(27)16-5-7-18(8-6-16)31(28,29)26-12-1-2-13-26/h5-10,17H,1-4,11-13,15H2. The Bertz CT molecular complexity index is 1090. The highest BCUT2D eigenvalue weighted by Gasteiger charge is 2.29. The molecule has 3 heterocycles. The minimum absolute atomic E-state index is 0.112. The maximum atomic E-state index is 13.0. The highest BCUT2D eigenvalue weighted by Crippen LogP contribution is 2.23. The first kappa shape index (κ1) is 21.2. The fraction of sp³-hybridized carbons (Fsp3) is 0.429. The van der Waals surface area contributed by atoms with Crippen molar-refractivity contribution in [2.75, 3.05) is 26.2 Å². The van der Waals surface area contributed by atoms with E-state index in [0.717, 1.165) is 25.7 Å². The topological polar surface area (TPSA) is 116 Å². The molecule has 4 rings (SSSR count). The van der Waals surface area contributed by atoms with Crippen LogP contribution in [0.25, 0.3) is 0 Å². The minimum atomic E-state index is -3.51. The van der Waals surface area contributed by atoms with Crippen LogP contribution in [0.3, 0.4) is 0 Å². The van der Waals surface area contributed by atoms with Gasteiger partial charge in [-0.05, 0) is 49.9 Å². The van der Waals surface area contributed by atoms with E-state index in [-0.39, 0.29) is 28.5 Å². The number of rotatable bonds is 5. The average molecular weight is 442 g/mol. The molecule has 2 saturated heterocycles. The maximum absolute atomic E-state index is 13.0. The molecule has 0 spiro atoms. The lowest BCUT2D eigenvalue weighted by Crippen LogP contribution is -2.44. The van der Waals surface area contributed by atoms with Gasteiger partial charge in [0, 0.05) is 37.6 Å². The molecule has 0 N–H and O–H groups in total. The molecular weight excluding hydrogens is 418 g/mol. The first-order chi connectivity index (χ1) is 15.0. The summed E-state index contributed by atoms with van der Waals surface area (Å²) in [7, 11) is -3.51. The second-order valence-electron chi connectivity index (χ2n) is 7.59. The SMILES string of the molecule is N#Cc1nccnc1OC1CCCN(C(=O)c2ccc(S(=O)(=O)N3CCCC3)cc2)C1. The Morgan fingerprint density at radius 1 is 1.06 bits per heavy atom. The summed E-state index contributed by atoms with van der Waals surface area (Å²) in [6.45, 7) is 2.02. The number of hydrogen-bond donors (Lipinski definition) is 0. The van der Waals surface area contributed by atoms with E-state index in [9.17, 15) is 13.2 Å². The number of sulfonamides is 1. The van der Waals surface area contributed by atoms with Gasteiger partial charge in [-0.25, -0.2) is 18.4 Å². The first-order valence-corrected chi connectivity index (χ1v) is 11.7. The van der Waals surface area contributed by atoms with Gasteiger partial charge in [0.05, 0.1) is 11.4 Å². The molecular formula is C21H23N5O4S. The molecule has 9 nitrogen and oxygen atoms in total. The number of benzene rings is 1. The lowest BCUT2D eigenvalue weighted by molar-refractivity contribution is 0.0526. The Hall–Kier alpha value is -3.03. The molecule has 2 aliphatic heterocycles. The number of nitrogens with zero attached hydrogens (tertiary/aromatic N) is 5. The van der Waals surface area contributed by atoms with Gasteiger partial charge in [-0.15, -0.1) is 0 Å². The van der Waals surface area contributed by atoms with Crippen LogP contribution in [0.15, 0.2) is 41.6 Å². The quantitative estimate of drug-likeness (QED) is 0.695. The van der Waals surface area contributed by atoms with E-state index in [4.69, 9.17) is 10.00 Å². The summed E-state index contributed by atoms with van der Waals surface area (Å²) < 4.78 is 32.7. The Balaban J connectivity index is 1.43. The van der Waals surface area contributed by atoms with Crippen molar-refractivity contribution in [3.63, 3.8) is 0 Å². The zero-order chi connectivity index (χ0) is 21.8. The van der Waals surface area contributed by atoms with Crippen LogP contribution >= 0.6 is 0 Å². The summed E-state index contributed by atoms with van der Waals surface area (Å²) >= 11 is 0. The number of likely N-dealkylation sites (tertiary alicyclic amines) is 1. The van der Waals surface area contributed by atoms with Crippen LogP contribution in [0.2, 0.25) is 0 Å². The highest BCUT2D eigenvalue weighted by molar-refractivity contribution is 7.89. The maximum Gasteiger partial charge on any atom is 0.253 e. The molecule has 2 aliphatic rings. The van der Waals surface area contributed by atoms with Gasteiger partial charge in [0.2, 0.25) is 15.7 Å². The molecule has 0 aliphatic carbocycles. The van der Waals surface area contributed by atoms with Gasteiger partial charge in [0.15, 0.2) is 0 Å². The van der Waals surface area contributed by atoms with Crippen LogP contribution in [0, 0.1) is 11.3 Å². The minimum Gasteiger partial charge on any atom is -0.470 e. The fourth-order valence-electron chi connectivity index (χ4n) is 3.89. The van der Waals surface area contributed by atoms with E-state index in [1.807, 2.05) is 6.07 Å². The third-order valence-corrected chi connectivity index (χ3v) is 7.43. The first-order valence-electron chi connectivity index (χ1n) is 10.3. The third kappa shape index (κ3) is 4.52. The Labute approximate surface area is 181 Å². The zero-order valence-electron chi connectivity index (χ0n) is 17.0. The zero-order valence-corrected chi connectivity index (χ0v) is 17.8. The summed E-state index contributed by atoms with van der Waals surface area (Å²) in [4.78, 5) is 22.9. The summed E-state index contributed by atoms with van der Waals surface area (Å²) in [5, 5.41) is 9.14. The van der Waals surface area contributed by atoms with Crippen molar-refractivity contribution < 1.29 is 17.9 Å².